The van der Waals surface area contributed by atoms with Crippen molar-refractivity contribution in [2.45, 2.75) is 19.4 Å². The third kappa shape index (κ3) is 4.15. The topological polar surface area (TPSA) is 81.3 Å². The molecule has 0 aliphatic carbocycles. The number of aromatic nitrogens is 4. The largest absolute Gasteiger partial charge is 0.326 e. The van der Waals surface area contributed by atoms with Crippen molar-refractivity contribution in [3.8, 4) is 0 Å². The van der Waals surface area contributed by atoms with Crippen molar-refractivity contribution >= 4 is 28.3 Å². The summed E-state index contributed by atoms with van der Waals surface area (Å²) in [6.45, 7) is 0.191. The zero-order valence-electron chi connectivity index (χ0n) is 17.9. The molecule has 0 radical (unpaired) electrons. The summed E-state index contributed by atoms with van der Waals surface area (Å²) in [7, 11) is 0. The molecule has 0 unspecified atom stereocenters. The van der Waals surface area contributed by atoms with Gasteiger partial charge in [-0.15, -0.1) is 10.2 Å². The summed E-state index contributed by atoms with van der Waals surface area (Å²) in [4.78, 5) is 25.7. The fourth-order valence-corrected chi connectivity index (χ4v) is 3.87. The van der Waals surface area contributed by atoms with Crippen LogP contribution in [0, 0.1) is 11.6 Å². The number of benzene rings is 3. The van der Waals surface area contributed by atoms with Gasteiger partial charge in [0.2, 0.25) is 11.7 Å². The molecule has 34 heavy (non-hydrogen) atoms. The fraction of sp³-hybridized carbons (Fsp3) is 0.120. The number of nitrogens with zero attached hydrogens (tertiary/aromatic N) is 4. The lowest BCUT2D eigenvalue weighted by atomic mass is 10.2. The number of amides is 1. The number of fused-ring (bicyclic) bond motifs is 3. The van der Waals surface area contributed by atoms with Crippen LogP contribution in [-0.4, -0.2) is 25.1 Å². The molecule has 0 saturated heterocycles. The van der Waals surface area contributed by atoms with Crippen molar-refractivity contribution in [1.82, 2.24) is 19.2 Å². The number of nitrogens with one attached hydrogen (secondary N) is 1. The van der Waals surface area contributed by atoms with Crippen molar-refractivity contribution in [3.05, 3.63) is 106 Å². The van der Waals surface area contributed by atoms with Gasteiger partial charge in [-0.05, 0) is 54.1 Å². The number of hydrogen-bond acceptors (Lipinski definition) is 4. The molecule has 2 aromatic heterocycles. The van der Waals surface area contributed by atoms with Gasteiger partial charge in [0.15, 0.2) is 0 Å². The molecule has 1 N–H and O–H groups in total. The van der Waals surface area contributed by atoms with Gasteiger partial charge in [-0.1, -0.05) is 24.3 Å². The van der Waals surface area contributed by atoms with E-state index in [2.05, 4.69) is 15.5 Å². The van der Waals surface area contributed by atoms with Crippen LogP contribution in [0.4, 0.5) is 14.5 Å². The van der Waals surface area contributed by atoms with Gasteiger partial charge in [-0.3, -0.25) is 18.6 Å². The number of aryl methyl sites for hydroxylation is 1. The van der Waals surface area contributed by atoms with Gasteiger partial charge in [0.1, 0.15) is 17.5 Å². The maximum Gasteiger partial charge on any atom is 0.263 e. The van der Waals surface area contributed by atoms with Crippen LogP contribution in [0.15, 0.2) is 77.6 Å². The molecule has 5 aromatic rings. The minimum Gasteiger partial charge on any atom is -0.326 e. The van der Waals surface area contributed by atoms with E-state index in [4.69, 9.17) is 0 Å². The SMILES string of the molecule is O=C(CCc1nnc2n(Cc3ccc(F)cc3)c(=O)c3ccccc3n12)Nc1ccc(F)cc1. The lowest BCUT2D eigenvalue weighted by Gasteiger charge is -2.12. The summed E-state index contributed by atoms with van der Waals surface area (Å²) in [5.41, 5.74) is 1.64. The summed E-state index contributed by atoms with van der Waals surface area (Å²) in [5, 5.41) is 11.7. The smallest absolute Gasteiger partial charge is 0.263 e. The van der Waals surface area contributed by atoms with Crippen LogP contribution in [0.2, 0.25) is 0 Å². The molecule has 0 fully saturated rings. The molecule has 9 heteroatoms. The average molecular weight is 459 g/mol. The summed E-state index contributed by atoms with van der Waals surface area (Å²) in [5.74, 6) is -0.141. The summed E-state index contributed by atoms with van der Waals surface area (Å²) < 4.78 is 29.7. The first-order chi connectivity index (χ1) is 16.5. The molecule has 5 rings (SSSR count). The highest BCUT2D eigenvalue weighted by Crippen LogP contribution is 2.17. The van der Waals surface area contributed by atoms with E-state index in [0.29, 0.717) is 28.2 Å². The number of anilines is 1. The number of carbonyl (C=O) groups excluding carboxylic acids is 1. The highest BCUT2D eigenvalue weighted by atomic mass is 19.1. The molecular formula is C25H19F2N5O2. The zero-order chi connectivity index (χ0) is 23.7. The molecule has 0 atom stereocenters. The Morgan fingerprint density at radius 3 is 2.29 bits per heavy atom. The van der Waals surface area contributed by atoms with Crippen molar-refractivity contribution in [2.75, 3.05) is 5.32 Å². The standard InChI is InChI=1S/C25H19F2N5O2/c26-17-7-5-16(6-8-17)15-31-24(34)20-3-1-2-4-21(20)32-22(29-30-25(31)32)13-14-23(33)28-19-11-9-18(27)10-12-19/h1-12H,13-15H2,(H,28,33). The Morgan fingerprint density at radius 1 is 0.882 bits per heavy atom. The maximum absolute atomic E-state index is 13.3. The minimum atomic E-state index is -0.383. The van der Waals surface area contributed by atoms with Gasteiger partial charge in [0.05, 0.1) is 17.4 Å². The van der Waals surface area contributed by atoms with Crippen LogP contribution in [0.5, 0.6) is 0 Å². The normalized spacial score (nSPS) is 11.2. The lowest BCUT2D eigenvalue weighted by Crippen LogP contribution is -2.24. The van der Waals surface area contributed by atoms with E-state index < -0.39 is 0 Å². The molecule has 0 spiro atoms. The molecule has 1 amide bonds. The van der Waals surface area contributed by atoms with Gasteiger partial charge < -0.3 is 5.32 Å². The zero-order valence-corrected chi connectivity index (χ0v) is 17.9. The van der Waals surface area contributed by atoms with Gasteiger partial charge >= 0.3 is 0 Å². The second-order valence-electron chi connectivity index (χ2n) is 7.84. The first-order valence-electron chi connectivity index (χ1n) is 10.6. The highest BCUT2D eigenvalue weighted by molar-refractivity contribution is 5.90. The lowest BCUT2D eigenvalue weighted by molar-refractivity contribution is -0.116. The van der Waals surface area contributed by atoms with Gasteiger partial charge in [0.25, 0.3) is 5.56 Å². The molecule has 0 bridgehead atoms. The van der Waals surface area contributed by atoms with Crippen molar-refractivity contribution in [1.29, 1.82) is 0 Å². The molecule has 170 valence electrons. The summed E-state index contributed by atoms with van der Waals surface area (Å²) in [6.07, 6.45) is 0.385. The van der Waals surface area contributed by atoms with E-state index in [1.165, 1.54) is 41.0 Å². The molecular weight excluding hydrogens is 440 g/mol. The Hall–Kier alpha value is -4.40. The number of carbonyl (C=O) groups is 1. The van der Waals surface area contributed by atoms with E-state index in [9.17, 15) is 18.4 Å². The van der Waals surface area contributed by atoms with E-state index in [1.807, 2.05) is 6.07 Å². The molecule has 0 aliphatic rings. The number of halogens is 2. The van der Waals surface area contributed by atoms with E-state index in [0.717, 1.165) is 5.56 Å². The molecule has 0 saturated carbocycles. The minimum absolute atomic E-state index is 0.115. The first kappa shape index (κ1) is 21.4. The van der Waals surface area contributed by atoms with Crippen molar-refractivity contribution in [2.24, 2.45) is 0 Å². The van der Waals surface area contributed by atoms with E-state index in [1.54, 1.807) is 34.7 Å². The van der Waals surface area contributed by atoms with Crippen LogP contribution in [0.1, 0.15) is 17.8 Å². The first-order valence-corrected chi connectivity index (χ1v) is 10.6. The van der Waals surface area contributed by atoms with Crippen LogP contribution in [-0.2, 0) is 17.8 Å². The molecule has 0 aliphatic heterocycles. The summed E-state index contributed by atoms with van der Waals surface area (Å²) >= 11 is 0. The van der Waals surface area contributed by atoms with Crippen molar-refractivity contribution < 1.29 is 13.6 Å². The predicted molar refractivity (Wildman–Crippen MR) is 124 cm³/mol. The number of rotatable bonds is 6. The Balaban J connectivity index is 1.49. The average Bonchev–Trinajstić information content (AvgIpc) is 3.27. The molecule has 2 heterocycles. The van der Waals surface area contributed by atoms with Crippen LogP contribution in [0.25, 0.3) is 16.7 Å². The molecule has 7 nitrogen and oxygen atoms in total. The predicted octanol–water partition coefficient (Wildman–Crippen LogP) is 3.94. The van der Waals surface area contributed by atoms with Gasteiger partial charge in [-0.2, -0.15) is 0 Å². The number of para-hydroxylation sites is 1. The Morgan fingerprint density at radius 2 is 1.56 bits per heavy atom. The highest BCUT2D eigenvalue weighted by Gasteiger charge is 2.17. The monoisotopic (exact) mass is 459 g/mol. The summed E-state index contributed by atoms with van der Waals surface area (Å²) in [6, 6.07) is 18.6. The van der Waals surface area contributed by atoms with Crippen LogP contribution < -0.4 is 10.9 Å². The number of hydrogen-bond donors (Lipinski definition) is 1. The third-order valence-corrected chi connectivity index (χ3v) is 5.53. The Labute approximate surface area is 192 Å². The van der Waals surface area contributed by atoms with Crippen molar-refractivity contribution in [3.63, 3.8) is 0 Å². The fourth-order valence-electron chi connectivity index (χ4n) is 3.87. The Kier molecular flexibility index (Phi) is 5.59. The van der Waals surface area contributed by atoms with Crippen LogP contribution >= 0.6 is 0 Å². The van der Waals surface area contributed by atoms with Crippen LogP contribution in [0.3, 0.4) is 0 Å². The third-order valence-electron chi connectivity index (χ3n) is 5.53. The van der Waals surface area contributed by atoms with E-state index >= 15 is 0 Å². The second kappa shape index (κ2) is 8.86. The van der Waals surface area contributed by atoms with Gasteiger partial charge in [-0.25, -0.2) is 8.78 Å². The van der Waals surface area contributed by atoms with Gasteiger partial charge in [0, 0.05) is 18.5 Å². The Bertz CT molecular complexity index is 1560. The molecule has 3 aromatic carbocycles. The second-order valence-corrected chi connectivity index (χ2v) is 7.84. The quantitative estimate of drug-likeness (QED) is 0.417. The maximum atomic E-state index is 13.3. The van der Waals surface area contributed by atoms with E-state index in [-0.39, 0.29) is 42.5 Å².